The maximum Gasteiger partial charge on any atom is 0.335 e. The fourth-order valence-electron chi connectivity index (χ4n) is 3.45. The van der Waals surface area contributed by atoms with Crippen molar-refractivity contribution in [1.29, 1.82) is 0 Å². The number of imide groups is 2. The van der Waals surface area contributed by atoms with Crippen molar-refractivity contribution in [3.8, 4) is 11.5 Å². The van der Waals surface area contributed by atoms with Crippen LogP contribution in [-0.4, -0.2) is 25.0 Å². The van der Waals surface area contributed by atoms with Crippen LogP contribution in [0.15, 0.2) is 66.2 Å². The number of barbiturate groups is 1. The Labute approximate surface area is 214 Å². The fraction of sp³-hybridized carbons (Fsp3) is 0.115. The van der Waals surface area contributed by atoms with Crippen molar-refractivity contribution < 1.29 is 28.2 Å². The normalized spacial score (nSPS) is 14.8. The molecule has 1 heterocycles. The lowest BCUT2D eigenvalue weighted by molar-refractivity contribution is -0.122. The number of carbonyl (C=O) groups excluding carboxylic acids is 3. The van der Waals surface area contributed by atoms with E-state index in [0.717, 1.165) is 16.0 Å². The van der Waals surface area contributed by atoms with Gasteiger partial charge in [-0.2, -0.15) is 0 Å². The number of nitrogens with one attached hydrogen (secondary N) is 1. The van der Waals surface area contributed by atoms with E-state index in [1.165, 1.54) is 25.3 Å². The van der Waals surface area contributed by atoms with Gasteiger partial charge in [-0.1, -0.05) is 29.8 Å². The molecule has 3 aromatic carbocycles. The van der Waals surface area contributed by atoms with Crippen LogP contribution in [0.4, 0.5) is 14.9 Å². The van der Waals surface area contributed by atoms with Gasteiger partial charge in [-0.3, -0.25) is 14.9 Å². The molecule has 9 heteroatoms. The third-order valence-electron chi connectivity index (χ3n) is 5.25. The largest absolute Gasteiger partial charge is 0.493 e. The van der Waals surface area contributed by atoms with Gasteiger partial charge in [0.15, 0.2) is 11.5 Å². The smallest absolute Gasteiger partial charge is 0.335 e. The van der Waals surface area contributed by atoms with Crippen LogP contribution in [0.25, 0.3) is 6.08 Å². The van der Waals surface area contributed by atoms with Crippen molar-refractivity contribution in [2.24, 2.45) is 0 Å². The molecule has 0 aliphatic carbocycles. The van der Waals surface area contributed by atoms with Gasteiger partial charge in [0.2, 0.25) is 0 Å². The highest BCUT2D eigenvalue weighted by molar-refractivity contribution is 14.1. The first kappa shape index (κ1) is 24.4. The molecule has 0 unspecified atom stereocenters. The highest BCUT2D eigenvalue weighted by Crippen LogP contribution is 2.35. The summed E-state index contributed by atoms with van der Waals surface area (Å²) in [4.78, 5) is 38.9. The zero-order valence-corrected chi connectivity index (χ0v) is 21.0. The number of ether oxygens (including phenoxy) is 2. The number of nitrogens with zero attached hydrogens (tertiary/aromatic N) is 1. The number of rotatable bonds is 6. The highest BCUT2D eigenvalue weighted by atomic mass is 127. The molecular weight excluding hydrogens is 566 g/mol. The van der Waals surface area contributed by atoms with Crippen LogP contribution in [-0.2, 0) is 16.2 Å². The third-order valence-corrected chi connectivity index (χ3v) is 6.05. The first-order chi connectivity index (χ1) is 16.8. The molecule has 0 spiro atoms. The molecule has 0 bridgehead atoms. The Morgan fingerprint density at radius 2 is 1.71 bits per heavy atom. The second-order valence-electron chi connectivity index (χ2n) is 7.74. The van der Waals surface area contributed by atoms with Crippen LogP contribution in [0.2, 0.25) is 0 Å². The molecule has 4 rings (SSSR count). The van der Waals surface area contributed by atoms with E-state index in [-0.39, 0.29) is 18.0 Å². The topological polar surface area (TPSA) is 84.9 Å². The van der Waals surface area contributed by atoms with Gasteiger partial charge in [-0.15, -0.1) is 0 Å². The van der Waals surface area contributed by atoms with Crippen LogP contribution in [0.5, 0.6) is 11.5 Å². The Bertz CT molecular complexity index is 1340. The average molecular weight is 586 g/mol. The Morgan fingerprint density at radius 3 is 2.37 bits per heavy atom. The highest BCUT2D eigenvalue weighted by Gasteiger charge is 2.36. The number of carbonyl (C=O) groups is 3. The van der Waals surface area contributed by atoms with Crippen LogP contribution in [0.3, 0.4) is 0 Å². The van der Waals surface area contributed by atoms with Gasteiger partial charge >= 0.3 is 6.03 Å². The molecule has 178 valence electrons. The number of hydrogen-bond acceptors (Lipinski definition) is 5. The molecule has 0 atom stereocenters. The van der Waals surface area contributed by atoms with Gasteiger partial charge in [0.25, 0.3) is 11.8 Å². The summed E-state index contributed by atoms with van der Waals surface area (Å²) in [6, 6.07) is 15.3. The minimum atomic E-state index is -0.808. The van der Waals surface area contributed by atoms with E-state index in [1.54, 1.807) is 48.5 Å². The average Bonchev–Trinajstić information content (AvgIpc) is 2.83. The maximum absolute atomic E-state index is 13.1. The molecule has 1 saturated heterocycles. The van der Waals surface area contributed by atoms with Gasteiger partial charge < -0.3 is 9.47 Å². The van der Waals surface area contributed by atoms with Gasteiger partial charge in [-0.05, 0) is 83.1 Å². The molecule has 35 heavy (non-hydrogen) atoms. The lowest BCUT2D eigenvalue weighted by atomic mass is 10.1. The molecule has 1 aliphatic rings. The summed E-state index contributed by atoms with van der Waals surface area (Å²) < 4.78 is 25.2. The first-order valence-electron chi connectivity index (χ1n) is 10.5. The SMILES string of the molecule is COc1cc(/C=C2\C(=O)NC(=O)N(c3ccc(C)cc3)C2=O)cc(I)c1OCc1ccc(F)cc1. The van der Waals surface area contributed by atoms with Crippen molar-refractivity contribution in [1.82, 2.24) is 5.32 Å². The Hall–Kier alpha value is -3.73. The van der Waals surface area contributed by atoms with E-state index in [0.29, 0.717) is 26.3 Å². The quantitative estimate of drug-likeness (QED) is 0.250. The van der Waals surface area contributed by atoms with Gasteiger partial charge in [0, 0.05) is 0 Å². The molecule has 7 nitrogen and oxygen atoms in total. The number of benzene rings is 3. The lowest BCUT2D eigenvalue weighted by Crippen LogP contribution is -2.54. The van der Waals surface area contributed by atoms with Gasteiger partial charge in [0.1, 0.15) is 18.0 Å². The minimum Gasteiger partial charge on any atom is -0.493 e. The van der Waals surface area contributed by atoms with Crippen molar-refractivity contribution in [3.05, 3.63) is 92.3 Å². The predicted octanol–water partition coefficient (Wildman–Crippen LogP) is 4.99. The second-order valence-corrected chi connectivity index (χ2v) is 8.90. The summed E-state index contributed by atoms with van der Waals surface area (Å²) in [6.45, 7) is 2.08. The molecule has 1 fully saturated rings. The summed E-state index contributed by atoms with van der Waals surface area (Å²) in [7, 11) is 1.48. The van der Waals surface area contributed by atoms with Crippen molar-refractivity contribution in [3.63, 3.8) is 0 Å². The number of halogens is 2. The summed E-state index contributed by atoms with van der Waals surface area (Å²) in [5.41, 5.74) is 2.42. The lowest BCUT2D eigenvalue weighted by Gasteiger charge is -2.26. The summed E-state index contributed by atoms with van der Waals surface area (Å²) >= 11 is 2.06. The van der Waals surface area contributed by atoms with Crippen molar-refractivity contribution >= 4 is 52.2 Å². The Morgan fingerprint density at radius 1 is 1.03 bits per heavy atom. The van der Waals surface area contributed by atoms with Crippen molar-refractivity contribution in [2.75, 3.05) is 12.0 Å². The number of anilines is 1. The van der Waals surface area contributed by atoms with Crippen LogP contribution < -0.4 is 19.7 Å². The number of hydrogen-bond donors (Lipinski definition) is 1. The summed E-state index contributed by atoms with van der Waals surface area (Å²) in [5.74, 6) is -0.985. The van der Waals surface area contributed by atoms with Crippen LogP contribution in [0, 0.1) is 16.3 Å². The fourth-order valence-corrected chi connectivity index (χ4v) is 4.23. The van der Waals surface area contributed by atoms with E-state index in [1.807, 2.05) is 6.92 Å². The number of urea groups is 1. The van der Waals surface area contributed by atoms with Crippen LogP contribution in [0.1, 0.15) is 16.7 Å². The molecule has 0 saturated carbocycles. The molecule has 1 N–H and O–H groups in total. The standard InChI is InChI=1S/C26H20FIN2O5/c1-15-3-9-19(10-4-15)30-25(32)20(24(31)29-26(30)33)11-17-12-21(28)23(22(13-17)34-2)35-14-16-5-7-18(27)8-6-16/h3-13H,14H2,1-2H3,(H,29,31,33)/b20-11+. The van der Waals surface area contributed by atoms with E-state index in [9.17, 15) is 18.8 Å². The molecular formula is C26H20FIN2O5. The molecule has 3 aromatic rings. The number of aryl methyl sites for hydroxylation is 1. The molecule has 1 aliphatic heterocycles. The van der Waals surface area contributed by atoms with Crippen LogP contribution >= 0.6 is 22.6 Å². The third kappa shape index (κ3) is 5.35. The molecule has 4 amide bonds. The Kier molecular flexibility index (Phi) is 7.15. The van der Waals surface area contributed by atoms with Gasteiger partial charge in [0.05, 0.1) is 16.4 Å². The molecule has 0 radical (unpaired) electrons. The Balaban J connectivity index is 1.63. The van der Waals surface area contributed by atoms with Gasteiger partial charge in [-0.25, -0.2) is 14.1 Å². The second kappa shape index (κ2) is 10.3. The first-order valence-corrected chi connectivity index (χ1v) is 11.6. The van der Waals surface area contributed by atoms with E-state index < -0.39 is 17.8 Å². The maximum atomic E-state index is 13.1. The molecule has 0 aromatic heterocycles. The number of methoxy groups -OCH3 is 1. The minimum absolute atomic E-state index is 0.192. The van der Waals surface area contributed by atoms with E-state index >= 15 is 0 Å². The van der Waals surface area contributed by atoms with E-state index in [4.69, 9.17) is 9.47 Å². The number of amides is 4. The monoisotopic (exact) mass is 586 g/mol. The zero-order chi connectivity index (χ0) is 25.1. The zero-order valence-electron chi connectivity index (χ0n) is 18.8. The summed E-state index contributed by atoms with van der Waals surface area (Å²) in [5, 5.41) is 2.21. The van der Waals surface area contributed by atoms with Crippen molar-refractivity contribution in [2.45, 2.75) is 13.5 Å². The summed E-state index contributed by atoms with van der Waals surface area (Å²) in [6.07, 6.45) is 1.40. The van der Waals surface area contributed by atoms with E-state index in [2.05, 4.69) is 27.9 Å². The predicted molar refractivity (Wildman–Crippen MR) is 137 cm³/mol.